The van der Waals surface area contributed by atoms with E-state index in [9.17, 15) is 37.1 Å². The van der Waals surface area contributed by atoms with Crippen molar-refractivity contribution < 1.29 is 56.5 Å². The van der Waals surface area contributed by atoms with Crippen LogP contribution < -0.4 is 10.6 Å². The van der Waals surface area contributed by atoms with Gasteiger partial charge in [0.1, 0.15) is 6.04 Å². The highest BCUT2D eigenvalue weighted by Gasteiger charge is 2.43. The molecule has 0 spiro atoms. The Morgan fingerprint density at radius 2 is 1.44 bits per heavy atom. The molecule has 1 heterocycles. The Bertz CT molecular complexity index is 1520. The summed E-state index contributed by atoms with van der Waals surface area (Å²) in [7, 11) is 8.53. The average molecular weight is 844 g/mol. The number of nitrogens with one attached hydrogen (secondary N) is 2. The third-order valence-electron chi connectivity index (χ3n) is 11.0. The van der Waals surface area contributed by atoms with Crippen molar-refractivity contribution in [3.8, 4) is 0 Å². The number of halogens is 3. The van der Waals surface area contributed by atoms with Gasteiger partial charge in [-0.15, -0.1) is 0 Å². The molecule has 59 heavy (non-hydrogen) atoms. The van der Waals surface area contributed by atoms with Gasteiger partial charge < -0.3 is 35.0 Å². The van der Waals surface area contributed by atoms with E-state index in [4.69, 9.17) is 19.4 Å². The third kappa shape index (κ3) is 15.2. The number of methoxy groups -OCH3 is 2. The molecule has 4 unspecified atom stereocenters. The molecule has 0 aliphatic carbocycles. The number of hydrogen-bond donors (Lipinski definition) is 3. The topological polar surface area (TPSA) is 175 Å². The minimum Gasteiger partial charge on any atom is -0.475 e. The number of likely N-dealkylation sites (tertiary alicyclic amines) is 1. The summed E-state index contributed by atoms with van der Waals surface area (Å²) < 4.78 is 43.6. The van der Waals surface area contributed by atoms with Crippen LogP contribution in [0.3, 0.4) is 0 Å². The summed E-state index contributed by atoms with van der Waals surface area (Å²) in [6, 6.07) is 6.13. The van der Waals surface area contributed by atoms with Crippen LogP contribution in [0.1, 0.15) is 91.4 Å². The second-order valence-corrected chi connectivity index (χ2v) is 16.2. The number of amides is 4. The van der Waals surface area contributed by atoms with E-state index in [0.717, 1.165) is 12.8 Å². The van der Waals surface area contributed by atoms with Gasteiger partial charge in [0.05, 0.1) is 48.7 Å². The second kappa shape index (κ2) is 24.2. The highest BCUT2D eigenvalue weighted by atomic mass is 19.4. The van der Waals surface area contributed by atoms with Crippen LogP contribution >= 0.6 is 0 Å². The van der Waals surface area contributed by atoms with Crippen molar-refractivity contribution in [1.29, 1.82) is 0 Å². The number of carbonyl (C=O) groups excluding carboxylic acids is 5. The summed E-state index contributed by atoms with van der Waals surface area (Å²) >= 11 is 0. The molecule has 14 nitrogen and oxygen atoms in total. The Labute approximate surface area is 347 Å². The fourth-order valence-corrected chi connectivity index (χ4v) is 7.67. The SMILES string of the molecule is CC[C@H](C)[C@@H]([C@@H](CC(=O)N1CCCC1[C@H](OC)[C@@H](C)C(=O)NC(C)C(=O)c1ccccc1)OC)N(C)C(=O)C(NC(=O)C(C(C)C)N(C)C)C(C)C.O=C(O)C(F)(F)F. The van der Waals surface area contributed by atoms with Gasteiger partial charge in [-0.3, -0.25) is 28.9 Å². The van der Waals surface area contributed by atoms with E-state index in [1.807, 2.05) is 66.6 Å². The molecule has 4 amide bonds. The van der Waals surface area contributed by atoms with Crippen LogP contribution in [0.5, 0.6) is 0 Å². The second-order valence-electron chi connectivity index (χ2n) is 16.2. The molecule has 1 saturated heterocycles. The number of likely N-dealkylation sites (N-methyl/N-ethyl adjacent to an activating group) is 2. The largest absolute Gasteiger partial charge is 0.490 e. The van der Waals surface area contributed by atoms with Gasteiger partial charge >= 0.3 is 12.1 Å². The first-order valence-corrected chi connectivity index (χ1v) is 20.2. The lowest BCUT2D eigenvalue weighted by Crippen LogP contribution is -2.59. The van der Waals surface area contributed by atoms with Gasteiger partial charge in [-0.2, -0.15) is 13.2 Å². The number of rotatable bonds is 20. The van der Waals surface area contributed by atoms with Crippen molar-refractivity contribution in [1.82, 2.24) is 25.3 Å². The normalized spacial score (nSPS) is 18.4. The summed E-state index contributed by atoms with van der Waals surface area (Å²) in [4.78, 5) is 82.3. The van der Waals surface area contributed by atoms with Crippen molar-refractivity contribution in [2.45, 2.75) is 130 Å². The Hall–Kier alpha value is -4.09. The average Bonchev–Trinajstić information content (AvgIpc) is 3.65. The molecule has 0 bridgehead atoms. The molecular formula is C42H68F3N5O9. The monoisotopic (exact) mass is 843 g/mol. The zero-order valence-corrected chi connectivity index (χ0v) is 37.0. The van der Waals surface area contributed by atoms with Gasteiger partial charge in [0.25, 0.3) is 0 Å². The van der Waals surface area contributed by atoms with Crippen LogP contribution in [0.15, 0.2) is 30.3 Å². The van der Waals surface area contributed by atoms with E-state index >= 15 is 0 Å². The summed E-state index contributed by atoms with van der Waals surface area (Å²) in [6.07, 6.45) is -4.15. The molecule has 0 aromatic heterocycles. The lowest BCUT2D eigenvalue weighted by molar-refractivity contribution is -0.192. The molecule has 336 valence electrons. The van der Waals surface area contributed by atoms with Crippen molar-refractivity contribution in [2.75, 3.05) is 41.9 Å². The van der Waals surface area contributed by atoms with Crippen LogP contribution in [0.4, 0.5) is 13.2 Å². The summed E-state index contributed by atoms with van der Waals surface area (Å²) in [5, 5.41) is 13.0. The van der Waals surface area contributed by atoms with E-state index in [-0.39, 0.29) is 59.6 Å². The highest BCUT2D eigenvalue weighted by Crippen LogP contribution is 2.30. The first kappa shape index (κ1) is 52.9. The first-order chi connectivity index (χ1) is 27.4. The van der Waals surface area contributed by atoms with Crippen LogP contribution in [0.2, 0.25) is 0 Å². The molecule has 1 aliphatic rings. The molecule has 3 N–H and O–H groups in total. The molecule has 9 atom stereocenters. The van der Waals surface area contributed by atoms with Gasteiger partial charge in [0.15, 0.2) is 5.78 Å². The highest BCUT2D eigenvalue weighted by molar-refractivity contribution is 6.01. The third-order valence-corrected chi connectivity index (χ3v) is 11.0. The Morgan fingerprint density at radius 1 is 0.881 bits per heavy atom. The first-order valence-electron chi connectivity index (χ1n) is 20.2. The molecule has 2 rings (SSSR count). The van der Waals surface area contributed by atoms with Crippen LogP contribution in [-0.4, -0.2) is 146 Å². The Kier molecular flexibility index (Phi) is 21.7. The van der Waals surface area contributed by atoms with Crippen molar-refractivity contribution in [3.05, 3.63) is 35.9 Å². The number of carboxylic acid groups (broad SMARTS) is 1. The van der Waals surface area contributed by atoms with E-state index in [0.29, 0.717) is 18.5 Å². The number of hydrogen-bond acceptors (Lipinski definition) is 9. The number of benzene rings is 1. The Morgan fingerprint density at radius 3 is 1.88 bits per heavy atom. The number of nitrogens with zero attached hydrogens (tertiary/aromatic N) is 3. The van der Waals surface area contributed by atoms with Crippen molar-refractivity contribution in [3.63, 3.8) is 0 Å². The molecule has 17 heteroatoms. The number of ketones is 1. The van der Waals surface area contributed by atoms with Gasteiger partial charge in [-0.05, 0) is 51.6 Å². The Balaban J connectivity index is 0.00000227. The molecule has 0 radical (unpaired) electrons. The number of Topliss-reactive ketones (excluding diaryl/α,β-unsaturated/α-hetero) is 1. The maximum absolute atomic E-state index is 14.2. The number of alkyl halides is 3. The van der Waals surface area contributed by atoms with Gasteiger partial charge in [0.2, 0.25) is 23.6 Å². The summed E-state index contributed by atoms with van der Waals surface area (Å²) in [5.41, 5.74) is 0.517. The zero-order chi connectivity index (χ0) is 45.5. The summed E-state index contributed by atoms with van der Waals surface area (Å²) in [6.45, 7) is 15.8. The predicted molar refractivity (Wildman–Crippen MR) is 217 cm³/mol. The number of carbonyl (C=O) groups is 6. The lowest BCUT2D eigenvalue weighted by Gasteiger charge is -2.41. The van der Waals surface area contributed by atoms with Crippen LogP contribution in [0, 0.1) is 23.7 Å². The summed E-state index contributed by atoms with van der Waals surface area (Å²) in [5.74, 6) is -4.65. The van der Waals surface area contributed by atoms with Crippen molar-refractivity contribution >= 4 is 35.4 Å². The molecular weight excluding hydrogens is 775 g/mol. The standard InChI is InChI=1S/C40H67N5O7.C2HF3O2/c1-14-26(6)35(44(11)40(50)33(24(2)3)42-39(49)34(25(4)5)43(9)10)31(51-12)23-32(46)45-22-18-21-30(45)37(52-13)27(7)38(48)41-28(8)36(47)29-19-16-15-17-20-29;3-2(4,5)1(6)7/h15-17,19-20,24-28,30-31,33-35,37H,14,18,21-23H2,1-13H3,(H,41,48)(H,42,49);(H,6,7)/t26-,27+,28?,30?,31+,33?,34?,35-,37+;/m0./s1. The minimum atomic E-state index is -5.08. The van der Waals surface area contributed by atoms with Gasteiger partial charge in [-0.1, -0.05) is 85.2 Å². The fraction of sp³-hybridized carbons (Fsp3) is 0.714. The quantitative estimate of drug-likeness (QED) is 0.157. The van der Waals surface area contributed by atoms with Gasteiger partial charge in [0, 0.05) is 33.4 Å². The molecule has 0 saturated carbocycles. The van der Waals surface area contributed by atoms with Gasteiger partial charge in [-0.25, -0.2) is 4.79 Å². The lowest BCUT2D eigenvalue weighted by atomic mass is 9.89. The van der Waals surface area contributed by atoms with Crippen LogP contribution in [-0.2, 0) is 33.4 Å². The molecule has 1 aliphatic heterocycles. The number of ether oxygens (including phenoxy) is 2. The van der Waals surface area contributed by atoms with E-state index in [1.165, 1.54) is 7.11 Å². The van der Waals surface area contributed by atoms with E-state index in [1.54, 1.807) is 62.1 Å². The van der Waals surface area contributed by atoms with E-state index in [2.05, 4.69) is 10.6 Å². The molecule has 1 aromatic rings. The maximum atomic E-state index is 14.2. The predicted octanol–water partition coefficient (Wildman–Crippen LogP) is 4.65. The maximum Gasteiger partial charge on any atom is 0.490 e. The number of aliphatic carboxylic acids is 1. The molecule has 1 fully saturated rings. The van der Waals surface area contributed by atoms with Crippen molar-refractivity contribution in [2.24, 2.45) is 23.7 Å². The zero-order valence-electron chi connectivity index (χ0n) is 37.0. The smallest absolute Gasteiger partial charge is 0.475 e. The minimum absolute atomic E-state index is 0.0218. The molecule has 1 aromatic carbocycles. The van der Waals surface area contributed by atoms with Crippen LogP contribution in [0.25, 0.3) is 0 Å². The van der Waals surface area contributed by atoms with E-state index < -0.39 is 54.4 Å². The fourth-order valence-electron chi connectivity index (χ4n) is 7.67. The number of carboxylic acids is 1.